The van der Waals surface area contributed by atoms with Gasteiger partial charge in [0.05, 0.1) is 25.4 Å². The second-order valence-corrected chi connectivity index (χ2v) is 6.04. The van der Waals surface area contributed by atoms with Crippen LogP contribution in [0.2, 0.25) is 4.44 Å². The molecule has 104 valence electrons. The molecule has 0 unspecified atom stereocenters. The van der Waals surface area contributed by atoms with Crippen molar-refractivity contribution in [3.63, 3.8) is 0 Å². The molecule has 0 atom stereocenters. The number of rotatable bonds is 9. The predicted molar refractivity (Wildman–Crippen MR) is 73.5 cm³/mol. The molecule has 5 N–H and O–H groups in total. The molecule has 0 aromatic rings. The molecule has 0 aliphatic rings. The van der Waals surface area contributed by atoms with E-state index in [1.165, 1.54) is 65.5 Å². The van der Waals surface area contributed by atoms with Gasteiger partial charge in [-0.25, -0.2) is 0 Å². The molecule has 0 heterocycles. The zero-order valence-electron chi connectivity index (χ0n) is 11.1. The smallest absolute Gasteiger partial charge is 0.0856 e. The van der Waals surface area contributed by atoms with E-state index in [9.17, 15) is 0 Å². The SMILES string of the molecule is CCCCCCC[CH2][SnH].NC(CO)(CO)CO. The Hall–Kier alpha value is 0.639. The van der Waals surface area contributed by atoms with Crippen molar-refractivity contribution < 1.29 is 15.3 Å². The maximum atomic E-state index is 8.34. The van der Waals surface area contributed by atoms with Crippen LogP contribution in [0, 0.1) is 0 Å². The number of hydrogen-bond donors (Lipinski definition) is 4. The Kier molecular flexibility index (Phi) is 17.3. The molecule has 0 fully saturated rings. The number of aliphatic hydroxyl groups excluding tert-OH is 3. The Labute approximate surface area is 119 Å². The fourth-order valence-electron chi connectivity index (χ4n) is 1.07. The average molecular weight is 354 g/mol. The van der Waals surface area contributed by atoms with E-state index in [1.807, 2.05) is 0 Å². The molecule has 0 aromatic carbocycles. The van der Waals surface area contributed by atoms with E-state index in [4.69, 9.17) is 21.1 Å². The van der Waals surface area contributed by atoms with Crippen molar-refractivity contribution in [1.29, 1.82) is 0 Å². The number of hydrogen-bond acceptors (Lipinski definition) is 4. The molecule has 2 radical (unpaired) electrons. The molecule has 0 aliphatic heterocycles. The first-order valence-corrected chi connectivity index (χ1v) is 8.74. The summed E-state index contributed by atoms with van der Waals surface area (Å²) in [6.45, 7) is 1.06. The van der Waals surface area contributed by atoms with Crippen molar-refractivity contribution in [1.82, 2.24) is 0 Å². The van der Waals surface area contributed by atoms with Crippen molar-refractivity contribution in [2.75, 3.05) is 19.8 Å². The third-order valence-electron chi connectivity index (χ3n) is 2.50. The predicted octanol–water partition coefficient (Wildman–Crippen LogP) is 0.327. The van der Waals surface area contributed by atoms with Gasteiger partial charge >= 0.3 is 72.4 Å². The van der Waals surface area contributed by atoms with Crippen molar-refractivity contribution >= 4 is 22.5 Å². The van der Waals surface area contributed by atoms with E-state index in [1.54, 1.807) is 0 Å². The minimum Gasteiger partial charge on any atom is -0.394 e. The van der Waals surface area contributed by atoms with Gasteiger partial charge in [-0.2, -0.15) is 0 Å². The molecule has 4 nitrogen and oxygen atoms in total. The first kappa shape index (κ1) is 20.0. The molecule has 0 aromatic heterocycles. The molecule has 0 spiro atoms. The molecule has 0 bridgehead atoms. The summed E-state index contributed by atoms with van der Waals surface area (Å²) in [5.74, 6) is 0. The van der Waals surface area contributed by atoms with Gasteiger partial charge < -0.3 is 21.1 Å². The van der Waals surface area contributed by atoms with Gasteiger partial charge in [0.1, 0.15) is 0 Å². The summed E-state index contributed by atoms with van der Waals surface area (Å²) < 4.78 is 1.50. The number of unbranched alkanes of at least 4 members (excludes halogenated alkanes) is 5. The van der Waals surface area contributed by atoms with Crippen molar-refractivity contribution in [3.8, 4) is 0 Å². The minimum atomic E-state index is -1.21. The first-order valence-electron chi connectivity index (χ1n) is 6.41. The van der Waals surface area contributed by atoms with Crippen LogP contribution in [0.3, 0.4) is 0 Å². The molecule has 0 saturated heterocycles. The average Bonchev–Trinajstić information content (AvgIpc) is 2.38. The van der Waals surface area contributed by atoms with Crippen LogP contribution in [0.25, 0.3) is 0 Å². The van der Waals surface area contributed by atoms with E-state index >= 15 is 0 Å². The third-order valence-corrected chi connectivity index (χ3v) is 3.67. The van der Waals surface area contributed by atoms with Crippen LogP contribution in [-0.2, 0) is 0 Å². The van der Waals surface area contributed by atoms with Gasteiger partial charge in [-0.15, -0.1) is 0 Å². The van der Waals surface area contributed by atoms with Crippen LogP contribution in [0.1, 0.15) is 45.4 Å². The van der Waals surface area contributed by atoms with Crippen molar-refractivity contribution in [2.24, 2.45) is 5.73 Å². The summed E-state index contributed by atoms with van der Waals surface area (Å²) in [5, 5.41) is 25.0. The van der Waals surface area contributed by atoms with Gasteiger partial charge in [0, 0.05) is 0 Å². The molecule has 0 rings (SSSR count). The topological polar surface area (TPSA) is 86.7 Å². The van der Waals surface area contributed by atoms with Crippen molar-refractivity contribution in [2.45, 2.75) is 55.4 Å². The monoisotopic (exact) mass is 355 g/mol. The Bertz CT molecular complexity index is 129. The van der Waals surface area contributed by atoms with Gasteiger partial charge in [0.25, 0.3) is 0 Å². The van der Waals surface area contributed by atoms with E-state index < -0.39 is 25.4 Å². The first-order chi connectivity index (χ1) is 8.10. The normalized spacial score (nSPS) is 10.9. The summed E-state index contributed by atoms with van der Waals surface area (Å²) in [5.41, 5.74) is 3.94. The van der Waals surface area contributed by atoms with Gasteiger partial charge in [-0.1, -0.05) is 0 Å². The fraction of sp³-hybridized carbons (Fsp3) is 1.00. The maximum Gasteiger partial charge on any atom is 0.0856 e. The van der Waals surface area contributed by atoms with Crippen LogP contribution in [0.15, 0.2) is 0 Å². The second kappa shape index (κ2) is 14.7. The third kappa shape index (κ3) is 14.6. The van der Waals surface area contributed by atoms with Crippen LogP contribution in [0.4, 0.5) is 0 Å². The Morgan fingerprint density at radius 2 is 1.29 bits per heavy atom. The van der Waals surface area contributed by atoms with Crippen molar-refractivity contribution in [3.05, 3.63) is 0 Å². The minimum absolute atomic E-state index is 0.403. The summed E-state index contributed by atoms with van der Waals surface area (Å²) in [7, 11) is 0. The maximum absolute atomic E-state index is 8.34. The van der Waals surface area contributed by atoms with Crippen LogP contribution >= 0.6 is 0 Å². The summed E-state index contributed by atoms with van der Waals surface area (Å²) in [6.07, 6.45) is 8.75. The van der Waals surface area contributed by atoms with Gasteiger partial charge in [0.15, 0.2) is 0 Å². The zero-order valence-corrected chi connectivity index (χ0v) is 14.4. The fourth-order valence-corrected chi connectivity index (χ4v) is 1.90. The van der Waals surface area contributed by atoms with Crippen LogP contribution in [-0.4, -0.2) is 63.2 Å². The Morgan fingerprint density at radius 3 is 1.59 bits per heavy atom. The zero-order chi connectivity index (χ0) is 13.6. The van der Waals surface area contributed by atoms with Gasteiger partial charge in [0.2, 0.25) is 0 Å². The standard InChI is InChI=1S/C8H17.C4H11NO3.Sn.H/c1-3-5-7-8-6-4-2;5-4(1-6,2-7)3-8;;/h1,3-8H2,2H3;6-8H,1-3,5H2;;. The molecular weight excluding hydrogens is 325 g/mol. The largest absolute Gasteiger partial charge is 0.394 e. The summed E-state index contributed by atoms with van der Waals surface area (Å²) >= 11 is 1.46. The van der Waals surface area contributed by atoms with E-state index in [-0.39, 0.29) is 0 Å². The quantitative estimate of drug-likeness (QED) is 0.355. The van der Waals surface area contributed by atoms with Crippen LogP contribution < -0.4 is 5.73 Å². The Morgan fingerprint density at radius 1 is 0.882 bits per heavy atom. The molecule has 0 saturated carbocycles. The number of nitrogens with two attached hydrogens (primary N) is 1. The second-order valence-electron chi connectivity index (χ2n) is 4.39. The van der Waals surface area contributed by atoms with E-state index in [0.717, 1.165) is 0 Å². The summed E-state index contributed by atoms with van der Waals surface area (Å²) in [6, 6.07) is 0. The van der Waals surface area contributed by atoms with E-state index in [0.29, 0.717) is 0 Å². The van der Waals surface area contributed by atoms with Crippen LogP contribution in [0.5, 0.6) is 0 Å². The summed E-state index contributed by atoms with van der Waals surface area (Å²) in [4.78, 5) is 0. The molecular formula is C12H29NO3Sn. The van der Waals surface area contributed by atoms with E-state index in [2.05, 4.69) is 6.92 Å². The Balaban J connectivity index is 0. The molecule has 17 heavy (non-hydrogen) atoms. The molecule has 5 heteroatoms. The molecule has 0 aliphatic carbocycles. The molecule has 0 amide bonds. The van der Waals surface area contributed by atoms with Gasteiger partial charge in [-0.3, -0.25) is 0 Å². The number of aliphatic hydroxyl groups is 3. The van der Waals surface area contributed by atoms with Gasteiger partial charge in [-0.05, 0) is 0 Å².